The van der Waals surface area contributed by atoms with Gasteiger partial charge in [0.2, 0.25) is 5.91 Å². The number of benzene rings is 3. The number of aryl methyl sites for hydroxylation is 1. The van der Waals surface area contributed by atoms with E-state index >= 15 is 0 Å². The van der Waals surface area contributed by atoms with Crippen LogP contribution in [0.1, 0.15) is 46.3 Å². The van der Waals surface area contributed by atoms with Crippen LogP contribution in [0.25, 0.3) is 0 Å². The van der Waals surface area contributed by atoms with Gasteiger partial charge in [-0.25, -0.2) is 0 Å². The second-order valence-corrected chi connectivity index (χ2v) is 9.07. The second kappa shape index (κ2) is 12.5. The number of rotatable bonds is 8. The summed E-state index contributed by atoms with van der Waals surface area (Å²) in [5.74, 6) is 1.12. The van der Waals surface area contributed by atoms with Crippen molar-refractivity contribution in [3.05, 3.63) is 94.5 Å². The van der Waals surface area contributed by atoms with Crippen molar-refractivity contribution in [3.63, 3.8) is 0 Å². The molecule has 0 radical (unpaired) electrons. The van der Waals surface area contributed by atoms with Gasteiger partial charge in [0.25, 0.3) is 0 Å². The van der Waals surface area contributed by atoms with E-state index < -0.39 is 17.8 Å². The Kier molecular flexibility index (Phi) is 9.68. The predicted octanol–water partition coefficient (Wildman–Crippen LogP) is 6.16. The molecule has 0 spiro atoms. The molecule has 204 valence electrons. The molecule has 1 heterocycles. The number of hydrogen-bond acceptors (Lipinski definition) is 4. The molecule has 1 aliphatic rings. The van der Waals surface area contributed by atoms with Gasteiger partial charge in [0.05, 0.1) is 19.8 Å². The maximum absolute atomic E-state index is 13.2. The first-order valence-corrected chi connectivity index (χ1v) is 12.2. The van der Waals surface area contributed by atoms with Crippen molar-refractivity contribution in [2.75, 3.05) is 27.8 Å². The fourth-order valence-corrected chi connectivity index (χ4v) is 5.11. The van der Waals surface area contributed by atoms with Crippen LogP contribution in [0.15, 0.2) is 66.7 Å². The molecule has 1 aliphatic heterocycles. The number of nitrogens with one attached hydrogen (secondary N) is 1. The van der Waals surface area contributed by atoms with Crippen molar-refractivity contribution in [1.82, 2.24) is 10.2 Å². The molecule has 0 aromatic heterocycles. The van der Waals surface area contributed by atoms with Crippen LogP contribution >= 0.6 is 12.4 Å². The summed E-state index contributed by atoms with van der Waals surface area (Å²) in [7, 11) is 4.80. The molecule has 4 rings (SSSR count). The van der Waals surface area contributed by atoms with Gasteiger partial charge in [-0.1, -0.05) is 42.5 Å². The summed E-state index contributed by atoms with van der Waals surface area (Å²) in [5.41, 5.74) is 3.15. The SMILES string of the molecule is CNC(=O)C(c1ccccc1)N1CCc2cc(OC)c(OC)cc2C1CCc1ccc(C(F)(F)F)cc1.Cl. The fraction of sp³-hybridized carbons (Fsp3) is 0.345. The second-order valence-electron chi connectivity index (χ2n) is 9.07. The van der Waals surface area contributed by atoms with E-state index in [1.807, 2.05) is 42.5 Å². The Bertz CT molecular complexity index is 1220. The third kappa shape index (κ3) is 6.25. The lowest BCUT2D eigenvalue weighted by Gasteiger charge is -2.42. The Balaban J connectivity index is 0.00000400. The van der Waals surface area contributed by atoms with Crippen molar-refractivity contribution >= 4 is 18.3 Å². The van der Waals surface area contributed by atoms with Crippen molar-refractivity contribution in [3.8, 4) is 11.5 Å². The molecule has 0 aliphatic carbocycles. The number of carbonyl (C=O) groups excluding carboxylic acids is 1. The van der Waals surface area contributed by atoms with Crippen LogP contribution in [0.2, 0.25) is 0 Å². The monoisotopic (exact) mass is 548 g/mol. The summed E-state index contributed by atoms with van der Waals surface area (Å²) in [6.07, 6.45) is -2.51. The molecular weight excluding hydrogens is 517 g/mol. The van der Waals surface area contributed by atoms with Crippen LogP contribution in [0, 0.1) is 0 Å². The molecule has 0 bridgehead atoms. The van der Waals surface area contributed by atoms with E-state index in [9.17, 15) is 18.0 Å². The molecule has 3 aromatic carbocycles. The lowest BCUT2D eigenvalue weighted by atomic mass is 9.86. The fourth-order valence-electron chi connectivity index (χ4n) is 5.11. The first kappa shape index (κ1) is 29.3. The third-order valence-electron chi connectivity index (χ3n) is 6.97. The van der Waals surface area contributed by atoms with Gasteiger partial charge in [-0.2, -0.15) is 13.2 Å². The van der Waals surface area contributed by atoms with E-state index in [1.165, 1.54) is 12.1 Å². The van der Waals surface area contributed by atoms with Gasteiger partial charge in [-0.15, -0.1) is 12.4 Å². The zero-order chi connectivity index (χ0) is 26.6. The average Bonchev–Trinajstić information content (AvgIpc) is 2.91. The number of hydrogen-bond donors (Lipinski definition) is 1. The van der Waals surface area contributed by atoms with Crippen LogP contribution in [-0.4, -0.2) is 38.6 Å². The molecule has 9 heteroatoms. The van der Waals surface area contributed by atoms with Gasteiger partial charge in [0.1, 0.15) is 6.04 Å². The van der Waals surface area contributed by atoms with Crippen LogP contribution in [0.4, 0.5) is 13.2 Å². The number of ether oxygens (including phenoxy) is 2. The highest BCUT2D eigenvalue weighted by atomic mass is 35.5. The molecule has 2 unspecified atom stereocenters. The first-order chi connectivity index (χ1) is 17.8. The van der Waals surface area contributed by atoms with E-state index in [1.54, 1.807) is 21.3 Å². The van der Waals surface area contributed by atoms with Crippen LogP contribution in [0.3, 0.4) is 0 Å². The maximum Gasteiger partial charge on any atom is 0.416 e. The number of halogens is 4. The van der Waals surface area contributed by atoms with Crippen LogP contribution in [-0.2, 0) is 23.8 Å². The van der Waals surface area contributed by atoms with Gasteiger partial charge in [0.15, 0.2) is 11.5 Å². The standard InChI is InChI=1S/C29H31F3N2O3.ClH/c1-33-28(35)27(20-7-5-4-6-8-20)34-16-15-21-17-25(36-2)26(37-3)18-23(21)24(34)14-11-19-9-12-22(13-10-19)29(30,31)32;/h4-10,12-13,17-18,24,27H,11,14-16H2,1-3H3,(H,33,35);1H. The highest BCUT2D eigenvalue weighted by Gasteiger charge is 2.37. The molecular formula is C29H32ClF3N2O3. The summed E-state index contributed by atoms with van der Waals surface area (Å²) in [6, 6.07) is 18.2. The maximum atomic E-state index is 13.2. The third-order valence-corrected chi connectivity index (χ3v) is 6.97. The normalized spacial score (nSPS) is 16.1. The molecule has 2 atom stereocenters. The van der Waals surface area contributed by atoms with Gasteiger partial charge >= 0.3 is 6.18 Å². The number of alkyl halides is 3. The molecule has 1 N–H and O–H groups in total. The van der Waals surface area contributed by atoms with Crippen LogP contribution < -0.4 is 14.8 Å². The van der Waals surface area contributed by atoms with E-state index in [0.717, 1.165) is 34.4 Å². The van der Waals surface area contributed by atoms with E-state index in [2.05, 4.69) is 10.2 Å². The molecule has 38 heavy (non-hydrogen) atoms. The lowest BCUT2D eigenvalue weighted by molar-refractivity contribution is -0.137. The number of carbonyl (C=O) groups is 1. The minimum absolute atomic E-state index is 0. The number of nitrogens with zero attached hydrogens (tertiary/aromatic N) is 1. The Morgan fingerprint density at radius 3 is 2.24 bits per heavy atom. The van der Waals surface area contributed by atoms with Gasteiger partial charge < -0.3 is 14.8 Å². The number of methoxy groups -OCH3 is 2. The highest BCUT2D eigenvalue weighted by Crippen LogP contribution is 2.43. The Labute approximate surface area is 227 Å². The van der Waals surface area contributed by atoms with Crippen molar-refractivity contribution in [2.24, 2.45) is 0 Å². The zero-order valence-electron chi connectivity index (χ0n) is 21.5. The number of likely N-dealkylation sites (N-methyl/N-ethyl adjacent to an activating group) is 1. The molecule has 1 amide bonds. The van der Waals surface area contributed by atoms with Crippen LogP contribution in [0.5, 0.6) is 11.5 Å². The predicted molar refractivity (Wildman–Crippen MR) is 143 cm³/mol. The van der Waals surface area contributed by atoms with Crippen molar-refractivity contribution < 1.29 is 27.4 Å². The summed E-state index contributed by atoms with van der Waals surface area (Å²) in [5, 5.41) is 2.81. The van der Waals surface area contributed by atoms with Crippen molar-refractivity contribution in [1.29, 1.82) is 0 Å². The molecule has 0 saturated heterocycles. The largest absolute Gasteiger partial charge is 0.493 e. The number of fused-ring (bicyclic) bond motifs is 1. The van der Waals surface area contributed by atoms with Gasteiger partial charge in [-0.05, 0) is 65.8 Å². The summed E-state index contributed by atoms with van der Waals surface area (Å²) >= 11 is 0. The Hall–Kier alpha value is -3.23. The minimum atomic E-state index is -4.37. The zero-order valence-corrected chi connectivity index (χ0v) is 22.4. The molecule has 3 aromatic rings. The van der Waals surface area contributed by atoms with Gasteiger partial charge in [0, 0.05) is 19.6 Å². The Morgan fingerprint density at radius 1 is 1.03 bits per heavy atom. The van der Waals surface area contributed by atoms with Crippen molar-refractivity contribution in [2.45, 2.75) is 37.5 Å². The van der Waals surface area contributed by atoms with E-state index in [4.69, 9.17) is 9.47 Å². The topological polar surface area (TPSA) is 50.8 Å². The minimum Gasteiger partial charge on any atom is -0.493 e. The van der Waals surface area contributed by atoms with E-state index in [0.29, 0.717) is 37.3 Å². The van der Waals surface area contributed by atoms with Gasteiger partial charge in [-0.3, -0.25) is 9.69 Å². The summed E-state index contributed by atoms with van der Waals surface area (Å²) in [4.78, 5) is 15.4. The molecule has 5 nitrogen and oxygen atoms in total. The molecule has 0 saturated carbocycles. The smallest absolute Gasteiger partial charge is 0.416 e. The number of amides is 1. The summed E-state index contributed by atoms with van der Waals surface area (Å²) < 4.78 is 50.2. The highest BCUT2D eigenvalue weighted by molar-refractivity contribution is 5.85. The quantitative estimate of drug-likeness (QED) is 0.366. The molecule has 0 fully saturated rings. The summed E-state index contributed by atoms with van der Waals surface area (Å²) in [6.45, 7) is 0.632. The van der Waals surface area contributed by atoms with E-state index in [-0.39, 0.29) is 24.4 Å². The Morgan fingerprint density at radius 2 is 1.66 bits per heavy atom. The average molecular weight is 549 g/mol. The lowest BCUT2D eigenvalue weighted by Crippen LogP contribution is -2.44. The first-order valence-electron chi connectivity index (χ1n) is 12.2.